The molecule has 0 atom stereocenters. The minimum Gasteiger partial charge on any atom is -0.377 e. The van der Waals surface area contributed by atoms with E-state index in [2.05, 4.69) is 53.4 Å². The number of hydrogen-bond acceptors (Lipinski definition) is 5. The number of benzene rings is 2. The zero-order chi connectivity index (χ0) is 19.4. The molecule has 0 saturated carbocycles. The van der Waals surface area contributed by atoms with Gasteiger partial charge in [-0.25, -0.2) is 0 Å². The number of nitrogens with two attached hydrogens (primary N) is 1. The molecule has 6 heteroatoms. The molecule has 2 rings (SSSR count). The molecule has 2 aromatic carbocycles. The molecular weight excluding hydrogens is 356 g/mol. The lowest BCUT2D eigenvalue weighted by molar-refractivity contribution is 0.0963. The first-order valence-corrected chi connectivity index (χ1v) is 11.5. The van der Waals surface area contributed by atoms with Gasteiger partial charge in [0.1, 0.15) is 0 Å². The lowest BCUT2D eigenvalue weighted by atomic mass is 10.2. The van der Waals surface area contributed by atoms with E-state index < -0.39 is 8.80 Å². The van der Waals surface area contributed by atoms with Crippen LogP contribution in [0.2, 0.25) is 6.04 Å². The molecule has 0 spiro atoms. The van der Waals surface area contributed by atoms with Crippen molar-refractivity contribution in [2.45, 2.75) is 25.3 Å². The van der Waals surface area contributed by atoms with Crippen molar-refractivity contribution in [3.8, 4) is 0 Å². The largest absolute Gasteiger partial charge is 0.500 e. The van der Waals surface area contributed by atoms with Gasteiger partial charge in [0.15, 0.2) is 0 Å². The highest BCUT2D eigenvalue weighted by molar-refractivity contribution is 6.60. The van der Waals surface area contributed by atoms with E-state index in [9.17, 15) is 0 Å². The second kappa shape index (κ2) is 11.9. The number of anilines is 2. The summed E-state index contributed by atoms with van der Waals surface area (Å²) >= 11 is 0. The van der Waals surface area contributed by atoms with E-state index in [1.165, 1.54) is 11.4 Å². The molecule has 0 saturated heterocycles. The molecule has 0 amide bonds. The highest BCUT2D eigenvalue weighted by atomic mass is 28.4. The minimum atomic E-state index is -2.63. The van der Waals surface area contributed by atoms with Crippen LogP contribution < -0.4 is 10.6 Å². The van der Waals surface area contributed by atoms with Gasteiger partial charge in [-0.2, -0.15) is 0 Å². The molecule has 27 heavy (non-hydrogen) atoms. The Hall–Kier alpha value is -1.70. The van der Waals surface area contributed by atoms with E-state index in [0.717, 1.165) is 31.9 Å². The maximum absolute atomic E-state index is 6.04. The van der Waals surface area contributed by atoms with Crippen LogP contribution in [0, 0.1) is 0 Å². The van der Waals surface area contributed by atoms with E-state index in [4.69, 9.17) is 19.0 Å². The molecule has 148 valence electrons. The minimum absolute atomic E-state index is 0.631. The predicted octanol–water partition coefficient (Wildman–Crippen LogP) is 4.20. The Morgan fingerprint density at radius 2 is 1.37 bits per heavy atom. The molecule has 0 fully saturated rings. The number of rotatable bonds is 13. The number of hydrogen-bond donors (Lipinski definition) is 1. The molecule has 0 aliphatic carbocycles. The fourth-order valence-corrected chi connectivity index (χ4v) is 5.03. The van der Waals surface area contributed by atoms with Crippen molar-refractivity contribution in [2.24, 2.45) is 5.73 Å². The standard InChI is InChI=1S/C21H32N2O3Si/c1-24-27(25-2,26-18-10-9-16-22)19-11-17-23(20-12-5-3-6-13-20)21-14-7-4-8-15-21/h3-8,12-15H,9-11,16-19,22H2,1-2H3. The van der Waals surface area contributed by atoms with Crippen molar-refractivity contribution >= 4 is 20.2 Å². The lowest BCUT2D eigenvalue weighted by Gasteiger charge is -2.29. The molecular formula is C21H32N2O3Si. The van der Waals surface area contributed by atoms with Crippen LogP contribution >= 0.6 is 0 Å². The highest BCUT2D eigenvalue weighted by Crippen LogP contribution is 2.26. The molecule has 0 aromatic heterocycles. The van der Waals surface area contributed by atoms with E-state index in [-0.39, 0.29) is 0 Å². The van der Waals surface area contributed by atoms with Gasteiger partial charge in [-0.15, -0.1) is 0 Å². The Kier molecular flexibility index (Phi) is 9.51. The molecule has 2 aromatic rings. The summed E-state index contributed by atoms with van der Waals surface area (Å²) in [5.41, 5.74) is 7.91. The summed E-state index contributed by atoms with van der Waals surface area (Å²) < 4.78 is 17.5. The molecule has 5 nitrogen and oxygen atoms in total. The van der Waals surface area contributed by atoms with Crippen molar-refractivity contribution < 1.29 is 13.3 Å². The van der Waals surface area contributed by atoms with Crippen molar-refractivity contribution in [1.82, 2.24) is 0 Å². The molecule has 0 unspecified atom stereocenters. The SMILES string of the molecule is CO[Si](CCCN(c1ccccc1)c1ccccc1)(OC)OCCCCN. The van der Waals surface area contributed by atoms with Crippen LogP contribution in [0.3, 0.4) is 0 Å². The Morgan fingerprint density at radius 3 is 1.85 bits per heavy atom. The van der Waals surface area contributed by atoms with Crippen LogP contribution in [-0.4, -0.2) is 42.7 Å². The summed E-state index contributed by atoms with van der Waals surface area (Å²) in [4.78, 5) is 2.32. The Bertz CT molecular complexity index is 584. The summed E-state index contributed by atoms with van der Waals surface area (Å²) in [5.74, 6) is 0. The van der Waals surface area contributed by atoms with Crippen molar-refractivity contribution in [2.75, 3.05) is 38.8 Å². The normalized spacial score (nSPS) is 11.5. The topological polar surface area (TPSA) is 57.0 Å². The summed E-state index contributed by atoms with van der Waals surface area (Å²) in [7, 11) is 0.741. The zero-order valence-electron chi connectivity index (χ0n) is 16.5. The van der Waals surface area contributed by atoms with Crippen molar-refractivity contribution in [3.63, 3.8) is 0 Å². The average Bonchev–Trinajstić information content (AvgIpc) is 2.74. The first-order valence-electron chi connectivity index (χ1n) is 9.56. The van der Waals surface area contributed by atoms with Crippen LogP contribution in [0.1, 0.15) is 19.3 Å². The van der Waals surface area contributed by atoms with Gasteiger partial charge in [0, 0.05) is 44.8 Å². The molecule has 0 heterocycles. The van der Waals surface area contributed by atoms with Gasteiger partial charge in [-0.1, -0.05) is 36.4 Å². The van der Waals surface area contributed by atoms with Gasteiger partial charge in [-0.3, -0.25) is 0 Å². The van der Waals surface area contributed by atoms with Crippen LogP contribution in [0.5, 0.6) is 0 Å². The van der Waals surface area contributed by atoms with Crippen LogP contribution in [0.4, 0.5) is 11.4 Å². The summed E-state index contributed by atoms with van der Waals surface area (Å²) in [5, 5.41) is 0. The Morgan fingerprint density at radius 1 is 0.815 bits per heavy atom. The van der Waals surface area contributed by atoms with E-state index >= 15 is 0 Å². The van der Waals surface area contributed by atoms with Gasteiger partial charge in [0.25, 0.3) is 0 Å². The second-order valence-corrected chi connectivity index (χ2v) is 9.33. The third-order valence-electron chi connectivity index (χ3n) is 4.54. The van der Waals surface area contributed by atoms with Gasteiger partial charge in [-0.05, 0) is 50.1 Å². The van der Waals surface area contributed by atoms with Crippen molar-refractivity contribution in [3.05, 3.63) is 60.7 Å². The van der Waals surface area contributed by atoms with E-state index in [0.29, 0.717) is 13.2 Å². The number of nitrogens with zero attached hydrogens (tertiary/aromatic N) is 1. The summed E-state index contributed by atoms with van der Waals surface area (Å²) in [6.07, 6.45) is 2.79. The maximum Gasteiger partial charge on any atom is 0.500 e. The summed E-state index contributed by atoms with van der Waals surface area (Å²) in [6, 6.07) is 21.6. The van der Waals surface area contributed by atoms with Crippen LogP contribution in [0.25, 0.3) is 0 Å². The molecule has 0 aliphatic rings. The molecule has 0 bridgehead atoms. The first-order chi connectivity index (χ1) is 13.2. The van der Waals surface area contributed by atoms with Gasteiger partial charge in [0.2, 0.25) is 0 Å². The fourth-order valence-electron chi connectivity index (χ4n) is 3.03. The van der Waals surface area contributed by atoms with Crippen LogP contribution in [0.15, 0.2) is 60.7 Å². The molecule has 0 aliphatic heterocycles. The van der Waals surface area contributed by atoms with Gasteiger partial charge >= 0.3 is 8.80 Å². The third-order valence-corrected chi connectivity index (χ3v) is 7.40. The van der Waals surface area contributed by atoms with Crippen molar-refractivity contribution in [1.29, 1.82) is 0 Å². The summed E-state index contributed by atoms with van der Waals surface area (Å²) in [6.45, 7) is 2.18. The number of unbranched alkanes of at least 4 members (excludes halogenated alkanes) is 1. The Balaban J connectivity index is 2.01. The molecule has 0 radical (unpaired) electrons. The van der Waals surface area contributed by atoms with Crippen LogP contribution in [-0.2, 0) is 13.3 Å². The predicted molar refractivity (Wildman–Crippen MR) is 113 cm³/mol. The first kappa shape index (κ1) is 21.6. The van der Waals surface area contributed by atoms with E-state index in [1.807, 2.05) is 12.1 Å². The quantitative estimate of drug-likeness (QED) is 0.412. The second-order valence-electron chi connectivity index (χ2n) is 6.36. The third kappa shape index (κ3) is 6.75. The smallest absolute Gasteiger partial charge is 0.377 e. The van der Waals surface area contributed by atoms with Gasteiger partial charge < -0.3 is 23.9 Å². The monoisotopic (exact) mass is 388 g/mol. The van der Waals surface area contributed by atoms with Gasteiger partial charge in [0.05, 0.1) is 0 Å². The number of para-hydroxylation sites is 2. The highest BCUT2D eigenvalue weighted by Gasteiger charge is 2.38. The maximum atomic E-state index is 6.04. The average molecular weight is 389 g/mol. The van der Waals surface area contributed by atoms with E-state index in [1.54, 1.807) is 14.2 Å². The zero-order valence-corrected chi connectivity index (χ0v) is 17.5. The lowest BCUT2D eigenvalue weighted by Crippen LogP contribution is -2.44. The molecule has 2 N–H and O–H groups in total. The fraction of sp³-hybridized carbons (Fsp3) is 0.429. The Labute approximate surface area is 164 Å².